The van der Waals surface area contributed by atoms with Gasteiger partial charge in [-0.2, -0.15) is 0 Å². The van der Waals surface area contributed by atoms with Crippen LogP contribution in [0.4, 0.5) is 5.69 Å². The fraction of sp³-hybridized carbons (Fsp3) is 0.462. The number of methoxy groups -OCH3 is 1. The Kier molecular flexibility index (Phi) is 4.19. The molecule has 1 fully saturated rings. The van der Waals surface area contributed by atoms with Crippen LogP contribution in [0.2, 0.25) is 0 Å². The highest BCUT2D eigenvalue weighted by Crippen LogP contribution is 2.25. The number of nitrogens with one attached hydrogen (secondary N) is 1. The highest BCUT2D eigenvalue weighted by atomic mass is 16.6. The van der Waals surface area contributed by atoms with Crippen LogP contribution in [0.5, 0.6) is 5.75 Å². The van der Waals surface area contributed by atoms with Crippen molar-refractivity contribution in [3.05, 3.63) is 33.9 Å². The van der Waals surface area contributed by atoms with Crippen LogP contribution in [0, 0.1) is 17.0 Å². The molecule has 0 aromatic heterocycles. The van der Waals surface area contributed by atoms with E-state index in [1.54, 1.807) is 19.1 Å². The molecule has 0 bridgehead atoms. The van der Waals surface area contributed by atoms with Crippen molar-refractivity contribution in [2.75, 3.05) is 13.7 Å². The Labute approximate surface area is 116 Å². The molecular formula is C13H16N2O5. The Bertz CT molecular complexity index is 531. The summed E-state index contributed by atoms with van der Waals surface area (Å²) < 4.78 is 10.4. The zero-order valence-electron chi connectivity index (χ0n) is 11.3. The van der Waals surface area contributed by atoms with E-state index in [-0.39, 0.29) is 23.8 Å². The largest absolute Gasteiger partial charge is 0.489 e. The summed E-state index contributed by atoms with van der Waals surface area (Å²) >= 11 is 0. The summed E-state index contributed by atoms with van der Waals surface area (Å²) in [5.74, 6) is 0.251. The lowest BCUT2D eigenvalue weighted by Gasteiger charge is -2.13. The topological polar surface area (TPSA) is 90.7 Å². The third-order valence-corrected chi connectivity index (χ3v) is 3.24. The molecule has 1 aliphatic rings. The van der Waals surface area contributed by atoms with Crippen LogP contribution < -0.4 is 10.1 Å². The predicted molar refractivity (Wildman–Crippen MR) is 70.7 cm³/mol. The molecule has 7 nitrogen and oxygen atoms in total. The number of nitro groups is 1. The van der Waals surface area contributed by atoms with Gasteiger partial charge >= 0.3 is 5.97 Å². The van der Waals surface area contributed by atoms with E-state index in [1.807, 2.05) is 0 Å². The van der Waals surface area contributed by atoms with Gasteiger partial charge in [0, 0.05) is 24.6 Å². The number of nitrogens with zero attached hydrogens (tertiary/aromatic N) is 1. The van der Waals surface area contributed by atoms with Crippen molar-refractivity contribution in [2.45, 2.75) is 25.5 Å². The smallest absolute Gasteiger partial charge is 0.323 e. The third-order valence-electron chi connectivity index (χ3n) is 3.24. The van der Waals surface area contributed by atoms with E-state index in [1.165, 1.54) is 13.2 Å². The lowest BCUT2D eigenvalue weighted by atomic mass is 10.2. The fourth-order valence-electron chi connectivity index (χ4n) is 2.21. The van der Waals surface area contributed by atoms with E-state index in [2.05, 4.69) is 10.1 Å². The maximum atomic E-state index is 11.4. The summed E-state index contributed by atoms with van der Waals surface area (Å²) in [6.07, 6.45) is 0.364. The second-order valence-electron chi connectivity index (χ2n) is 4.66. The fourth-order valence-corrected chi connectivity index (χ4v) is 2.21. The van der Waals surface area contributed by atoms with E-state index in [9.17, 15) is 14.9 Å². The van der Waals surface area contributed by atoms with Gasteiger partial charge in [0.05, 0.1) is 12.0 Å². The number of benzene rings is 1. The van der Waals surface area contributed by atoms with Crippen LogP contribution in [-0.2, 0) is 9.53 Å². The summed E-state index contributed by atoms with van der Waals surface area (Å²) in [5, 5.41) is 13.7. The highest BCUT2D eigenvalue weighted by molar-refractivity contribution is 5.76. The van der Waals surface area contributed by atoms with Crippen molar-refractivity contribution in [1.82, 2.24) is 5.32 Å². The predicted octanol–water partition coefficient (Wildman–Crippen LogP) is 1.19. The molecule has 0 saturated carbocycles. The van der Waals surface area contributed by atoms with Gasteiger partial charge in [-0.15, -0.1) is 0 Å². The number of esters is 1. The van der Waals surface area contributed by atoms with Crippen molar-refractivity contribution in [3.63, 3.8) is 0 Å². The first kappa shape index (κ1) is 14.3. The Morgan fingerprint density at radius 2 is 2.25 bits per heavy atom. The molecule has 1 N–H and O–H groups in total. The van der Waals surface area contributed by atoms with Gasteiger partial charge in [-0.3, -0.25) is 14.9 Å². The monoisotopic (exact) mass is 280 g/mol. The van der Waals surface area contributed by atoms with Crippen LogP contribution in [0.25, 0.3) is 0 Å². The van der Waals surface area contributed by atoms with Gasteiger partial charge in [0.25, 0.3) is 5.69 Å². The summed E-state index contributed by atoms with van der Waals surface area (Å²) in [6, 6.07) is 4.26. The average molecular weight is 280 g/mol. The molecule has 1 aliphatic heterocycles. The van der Waals surface area contributed by atoms with Gasteiger partial charge in [-0.25, -0.2) is 0 Å². The highest BCUT2D eigenvalue weighted by Gasteiger charge is 2.31. The normalized spacial score (nSPS) is 21.5. The van der Waals surface area contributed by atoms with Crippen LogP contribution in [-0.4, -0.2) is 36.7 Å². The Hall–Kier alpha value is -2.15. The Balaban J connectivity index is 2.00. The van der Waals surface area contributed by atoms with E-state index < -0.39 is 4.92 Å². The van der Waals surface area contributed by atoms with Crippen molar-refractivity contribution < 1.29 is 19.2 Å². The third kappa shape index (κ3) is 3.05. The second-order valence-corrected chi connectivity index (χ2v) is 4.66. The number of hydrogen-bond donors (Lipinski definition) is 1. The number of carbonyl (C=O) groups is 1. The molecule has 7 heteroatoms. The molecule has 108 valence electrons. The number of aryl methyl sites for hydroxylation is 1. The van der Waals surface area contributed by atoms with Crippen LogP contribution >= 0.6 is 0 Å². The van der Waals surface area contributed by atoms with Gasteiger partial charge < -0.3 is 14.8 Å². The first-order valence-electron chi connectivity index (χ1n) is 6.24. The number of hydrogen-bond acceptors (Lipinski definition) is 6. The average Bonchev–Trinajstić information content (AvgIpc) is 2.86. The Morgan fingerprint density at radius 3 is 2.85 bits per heavy atom. The molecule has 0 aliphatic carbocycles. The van der Waals surface area contributed by atoms with Crippen LogP contribution in [0.1, 0.15) is 12.0 Å². The van der Waals surface area contributed by atoms with Crippen molar-refractivity contribution in [1.29, 1.82) is 0 Å². The number of rotatable bonds is 4. The maximum absolute atomic E-state index is 11.4. The summed E-state index contributed by atoms with van der Waals surface area (Å²) in [4.78, 5) is 21.7. The quantitative estimate of drug-likeness (QED) is 0.506. The van der Waals surface area contributed by atoms with E-state index in [0.717, 1.165) is 0 Å². The number of ether oxygens (including phenoxy) is 2. The molecule has 2 rings (SSSR count). The minimum atomic E-state index is -0.427. The van der Waals surface area contributed by atoms with Gasteiger partial charge in [0.1, 0.15) is 17.9 Å². The number of nitro benzene ring substituents is 1. The molecule has 2 unspecified atom stereocenters. The minimum Gasteiger partial charge on any atom is -0.489 e. The second kappa shape index (κ2) is 5.87. The lowest BCUT2D eigenvalue weighted by molar-refractivity contribution is -0.385. The molecule has 20 heavy (non-hydrogen) atoms. The molecule has 0 radical (unpaired) electrons. The van der Waals surface area contributed by atoms with Crippen LogP contribution in [0.3, 0.4) is 0 Å². The van der Waals surface area contributed by atoms with Crippen molar-refractivity contribution >= 4 is 11.7 Å². The van der Waals surface area contributed by atoms with E-state index in [4.69, 9.17) is 4.74 Å². The van der Waals surface area contributed by atoms with Crippen LogP contribution in [0.15, 0.2) is 18.2 Å². The molecule has 1 aromatic rings. The molecule has 2 atom stereocenters. The molecule has 1 heterocycles. The van der Waals surface area contributed by atoms with Gasteiger partial charge in [-0.1, -0.05) is 0 Å². The zero-order valence-corrected chi connectivity index (χ0v) is 11.3. The minimum absolute atomic E-state index is 0.0642. The van der Waals surface area contributed by atoms with Gasteiger partial charge in [0.2, 0.25) is 0 Å². The SMILES string of the molecule is COC(=O)C1CC(Oc2ccc([N+](=O)[O-])c(C)c2)CN1. The lowest BCUT2D eigenvalue weighted by Crippen LogP contribution is -2.31. The van der Waals surface area contributed by atoms with E-state index >= 15 is 0 Å². The van der Waals surface area contributed by atoms with E-state index in [0.29, 0.717) is 24.3 Å². The zero-order chi connectivity index (χ0) is 14.7. The maximum Gasteiger partial charge on any atom is 0.323 e. The molecule has 1 saturated heterocycles. The standard InChI is InChI=1S/C13H16N2O5/c1-8-5-9(3-4-12(8)15(17)18)20-10-6-11(14-7-10)13(16)19-2/h3-5,10-11,14H,6-7H2,1-2H3. The first-order chi connectivity index (χ1) is 9.51. The summed E-state index contributed by atoms with van der Waals surface area (Å²) in [5.41, 5.74) is 0.609. The Morgan fingerprint density at radius 1 is 1.50 bits per heavy atom. The summed E-state index contributed by atoms with van der Waals surface area (Å²) in [7, 11) is 1.35. The molecular weight excluding hydrogens is 264 g/mol. The molecule has 0 spiro atoms. The van der Waals surface area contributed by atoms with Gasteiger partial charge in [0.15, 0.2) is 0 Å². The summed E-state index contributed by atoms with van der Waals surface area (Å²) in [6.45, 7) is 2.20. The molecule has 0 amide bonds. The first-order valence-corrected chi connectivity index (χ1v) is 6.24. The van der Waals surface area contributed by atoms with Gasteiger partial charge in [-0.05, 0) is 19.1 Å². The van der Waals surface area contributed by atoms with Crippen molar-refractivity contribution in [2.24, 2.45) is 0 Å². The molecule has 1 aromatic carbocycles. The van der Waals surface area contributed by atoms with Crippen molar-refractivity contribution in [3.8, 4) is 5.75 Å². The number of carbonyl (C=O) groups excluding carboxylic acids is 1.